The second-order valence-electron chi connectivity index (χ2n) is 5.13. The van der Waals surface area contributed by atoms with Gasteiger partial charge in [0.2, 0.25) is 5.91 Å². The van der Waals surface area contributed by atoms with E-state index >= 15 is 0 Å². The fourth-order valence-corrected chi connectivity index (χ4v) is 2.14. The molecule has 5 heteroatoms. The molecule has 1 amide bonds. The summed E-state index contributed by atoms with van der Waals surface area (Å²) in [6, 6.07) is 7.68. The smallest absolute Gasteiger partial charge is 0.328 e. The first kappa shape index (κ1) is 16.9. The number of carbonyl (C=O) groups excluding carboxylic acids is 1. The topological polar surface area (TPSA) is 69.6 Å². The number of nitrogens with zero attached hydrogens (tertiary/aromatic N) is 1. The summed E-state index contributed by atoms with van der Waals surface area (Å²) in [5.41, 5.74) is 1.93. The first-order chi connectivity index (χ1) is 9.92. The van der Waals surface area contributed by atoms with Crippen LogP contribution >= 0.6 is 0 Å². The lowest BCUT2D eigenvalue weighted by Gasteiger charge is -2.20. The monoisotopic (exact) mass is 290 g/mol. The summed E-state index contributed by atoms with van der Waals surface area (Å²) < 4.78 is 0. The van der Waals surface area contributed by atoms with Gasteiger partial charge in [-0.3, -0.25) is 4.79 Å². The Morgan fingerprint density at radius 3 is 2.76 bits per heavy atom. The molecule has 5 nitrogen and oxygen atoms in total. The van der Waals surface area contributed by atoms with Crippen molar-refractivity contribution in [2.24, 2.45) is 5.92 Å². The summed E-state index contributed by atoms with van der Waals surface area (Å²) >= 11 is 0. The number of carboxylic acids is 1. The predicted octanol–water partition coefficient (Wildman–Crippen LogP) is 1.60. The van der Waals surface area contributed by atoms with Gasteiger partial charge in [-0.05, 0) is 24.3 Å². The molecule has 0 aliphatic carbocycles. The summed E-state index contributed by atoms with van der Waals surface area (Å²) in [7, 11) is 3.59. The van der Waals surface area contributed by atoms with Crippen molar-refractivity contribution in [2.45, 2.75) is 13.5 Å². The van der Waals surface area contributed by atoms with E-state index in [2.05, 4.69) is 10.2 Å². The summed E-state index contributed by atoms with van der Waals surface area (Å²) in [5.74, 6) is -1.01. The van der Waals surface area contributed by atoms with Crippen LogP contribution in [-0.4, -0.2) is 42.5 Å². The van der Waals surface area contributed by atoms with Crippen LogP contribution in [0.25, 0.3) is 6.08 Å². The third kappa shape index (κ3) is 6.23. The first-order valence-electron chi connectivity index (χ1n) is 6.82. The Morgan fingerprint density at radius 2 is 2.14 bits per heavy atom. The fraction of sp³-hybridized carbons (Fsp3) is 0.375. The molecule has 1 atom stereocenters. The van der Waals surface area contributed by atoms with E-state index < -0.39 is 5.97 Å². The molecule has 0 aromatic heterocycles. The maximum Gasteiger partial charge on any atom is 0.328 e. The zero-order valence-corrected chi connectivity index (χ0v) is 12.7. The summed E-state index contributed by atoms with van der Waals surface area (Å²) in [6.45, 7) is 3.26. The number of carbonyl (C=O) groups is 2. The zero-order valence-electron chi connectivity index (χ0n) is 12.7. The molecule has 0 aliphatic rings. The normalized spacial score (nSPS) is 12.6. The van der Waals surface area contributed by atoms with Gasteiger partial charge in [-0.2, -0.15) is 0 Å². The van der Waals surface area contributed by atoms with Crippen molar-refractivity contribution in [1.29, 1.82) is 0 Å². The van der Waals surface area contributed by atoms with Crippen molar-refractivity contribution in [3.63, 3.8) is 0 Å². The molecule has 0 spiro atoms. The number of rotatable bonds is 7. The van der Waals surface area contributed by atoms with E-state index in [0.717, 1.165) is 17.2 Å². The van der Waals surface area contributed by atoms with Crippen LogP contribution in [0.5, 0.6) is 0 Å². The molecule has 0 heterocycles. The number of hydrogen-bond donors (Lipinski definition) is 2. The quantitative estimate of drug-likeness (QED) is 0.748. The van der Waals surface area contributed by atoms with Gasteiger partial charge >= 0.3 is 5.97 Å². The van der Waals surface area contributed by atoms with E-state index in [-0.39, 0.29) is 11.8 Å². The Morgan fingerprint density at radius 1 is 1.43 bits per heavy atom. The summed E-state index contributed by atoms with van der Waals surface area (Å²) in [4.78, 5) is 24.1. The first-order valence-corrected chi connectivity index (χ1v) is 6.82. The minimum Gasteiger partial charge on any atom is -0.478 e. The molecule has 1 rings (SSSR count). The minimum atomic E-state index is -0.961. The molecule has 0 fully saturated rings. The van der Waals surface area contributed by atoms with Gasteiger partial charge in [0.25, 0.3) is 0 Å². The Bertz CT molecular complexity index is 526. The number of amides is 1. The number of carboxylic acid groups (broad SMARTS) is 1. The Balaban J connectivity index is 2.64. The van der Waals surface area contributed by atoms with E-state index in [4.69, 9.17) is 5.11 Å². The largest absolute Gasteiger partial charge is 0.478 e. The highest BCUT2D eigenvalue weighted by Crippen LogP contribution is 2.10. The third-order valence-corrected chi connectivity index (χ3v) is 3.10. The Hall–Kier alpha value is -2.14. The fourth-order valence-electron chi connectivity index (χ4n) is 2.14. The van der Waals surface area contributed by atoms with E-state index in [1.54, 1.807) is 13.1 Å². The number of hydrogen-bond acceptors (Lipinski definition) is 3. The lowest BCUT2D eigenvalue weighted by molar-refractivity contribution is -0.131. The zero-order chi connectivity index (χ0) is 15.8. The minimum absolute atomic E-state index is 0.0278. The molecule has 114 valence electrons. The lowest BCUT2D eigenvalue weighted by atomic mass is 10.1. The average Bonchev–Trinajstić information content (AvgIpc) is 2.44. The van der Waals surface area contributed by atoms with E-state index in [9.17, 15) is 9.59 Å². The van der Waals surface area contributed by atoms with Gasteiger partial charge in [0.15, 0.2) is 0 Å². The maximum absolute atomic E-state index is 11.5. The van der Waals surface area contributed by atoms with E-state index in [1.165, 1.54) is 0 Å². The van der Waals surface area contributed by atoms with Crippen molar-refractivity contribution in [3.8, 4) is 0 Å². The molecular weight excluding hydrogens is 268 g/mol. The van der Waals surface area contributed by atoms with Crippen LogP contribution in [0.2, 0.25) is 0 Å². The van der Waals surface area contributed by atoms with Crippen molar-refractivity contribution < 1.29 is 14.7 Å². The van der Waals surface area contributed by atoms with Crippen LogP contribution in [0, 0.1) is 5.92 Å². The van der Waals surface area contributed by atoms with Crippen molar-refractivity contribution in [3.05, 3.63) is 41.5 Å². The van der Waals surface area contributed by atoms with Gasteiger partial charge in [-0.25, -0.2) is 4.79 Å². The number of benzene rings is 1. The van der Waals surface area contributed by atoms with Crippen LogP contribution in [0.1, 0.15) is 18.1 Å². The van der Waals surface area contributed by atoms with Gasteiger partial charge in [0.05, 0.1) is 0 Å². The Kier molecular flexibility index (Phi) is 6.62. The molecular formula is C16H22N2O3. The van der Waals surface area contributed by atoms with Crippen LogP contribution in [0.15, 0.2) is 30.3 Å². The highest BCUT2D eigenvalue weighted by Gasteiger charge is 2.13. The van der Waals surface area contributed by atoms with E-state index in [1.807, 2.05) is 38.2 Å². The van der Waals surface area contributed by atoms with Crippen molar-refractivity contribution >= 4 is 18.0 Å². The molecule has 0 saturated heterocycles. The predicted molar refractivity (Wildman–Crippen MR) is 82.7 cm³/mol. The Labute approximate surface area is 125 Å². The van der Waals surface area contributed by atoms with Gasteiger partial charge in [-0.15, -0.1) is 0 Å². The molecule has 2 N–H and O–H groups in total. The van der Waals surface area contributed by atoms with Gasteiger partial charge < -0.3 is 15.3 Å². The molecule has 1 unspecified atom stereocenters. The molecule has 1 aromatic carbocycles. The number of nitrogens with one attached hydrogen (secondary N) is 1. The second-order valence-corrected chi connectivity index (χ2v) is 5.13. The molecule has 21 heavy (non-hydrogen) atoms. The third-order valence-electron chi connectivity index (χ3n) is 3.10. The number of aliphatic carboxylic acids is 1. The highest BCUT2D eigenvalue weighted by atomic mass is 16.4. The van der Waals surface area contributed by atoms with Crippen LogP contribution < -0.4 is 5.32 Å². The van der Waals surface area contributed by atoms with Crippen LogP contribution in [0.4, 0.5) is 0 Å². The molecule has 0 bridgehead atoms. The lowest BCUT2D eigenvalue weighted by Crippen LogP contribution is -2.34. The standard InChI is InChI=1S/C16H22N2O3/c1-12(16(21)17-2)10-18(3)11-14-6-4-5-13(9-14)7-8-15(19)20/h4-9,12H,10-11H2,1-3H3,(H,17,21)(H,19,20)/b8-7+. The molecule has 0 saturated carbocycles. The van der Waals surface area contributed by atoms with Gasteiger partial charge in [-0.1, -0.05) is 31.2 Å². The van der Waals surface area contributed by atoms with Crippen molar-refractivity contribution in [2.75, 3.05) is 20.6 Å². The van der Waals surface area contributed by atoms with Crippen LogP contribution in [-0.2, 0) is 16.1 Å². The van der Waals surface area contributed by atoms with Gasteiger partial charge in [0, 0.05) is 32.1 Å². The van der Waals surface area contributed by atoms with E-state index in [0.29, 0.717) is 13.1 Å². The summed E-state index contributed by atoms with van der Waals surface area (Å²) in [5, 5.41) is 11.3. The van der Waals surface area contributed by atoms with Crippen molar-refractivity contribution in [1.82, 2.24) is 10.2 Å². The van der Waals surface area contributed by atoms with Crippen LogP contribution in [0.3, 0.4) is 0 Å². The summed E-state index contributed by atoms with van der Waals surface area (Å²) in [6.07, 6.45) is 2.69. The SMILES string of the molecule is CNC(=O)C(C)CN(C)Cc1cccc(/C=C/C(=O)O)c1. The highest BCUT2D eigenvalue weighted by molar-refractivity contribution is 5.85. The molecule has 1 aromatic rings. The van der Waals surface area contributed by atoms with Gasteiger partial charge in [0.1, 0.15) is 0 Å². The molecule has 0 radical (unpaired) electrons. The molecule has 0 aliphatic heterocycles. The second kappa shape index (κ2) is 8.21. The average molecular weight is 290 g/mol. The maximum atomic E-state index is 11.5.